The van der Waals surface area contributed by atoms with Crippen molar-refractivity contribution in [2.75, 3.05) is 0 Å². The molecule has 0 amide bonds. The van der Waals surface area contributed by atoms with Crippen molar-refractivity contribution in [3.8, 4) is 0 Å². The molecule has 124 valence electrons. The van der Waals surface area contributed by atoms with Crippen LogP contribution in [0.3, 0.4) is 0 Å². The van der Waals surface area contributed by atoms with E-state index in [1.54, 1.807) is 6.07 Å². The molecule has 1 aromatic heterocycles. The van der Waals surface area contributed by atoms with E-state index < -0.39 is 0 Å². The van der Waals surface area contributed by atoms with Gasteiger partial charge in [0.25, 0.3) is 0 Å². The lowest BCUT2D eigenvalue weighted by Crippen LogP contribution is -2.31. The molecule has 1 atom stereocenters. The fourth-order valence-electron chi connectivity index (χ4n) is 3.21. The van der Waals surface area contributed by atoms with E-state index in [-0.39, 0.29) is 5.82 Å². The van der Waals surface area contributed by atoms with Gasteiger partial charge in [-0.05, 0) is 56.6 Å². The fourth-order valence-corrected chi connectivity index (χ4v) is 3.21. The van der Waals surface area contributed by atoms with E-state index >= 15 is 0 Å². The molecular formula is C19H31FN2. The maximum Gasteiger partial charge on any atom is 0.146 e. The van der Waals surface area contributed by atoms with Gasteiger partial charge in [-0.1, -0.05) is 27.2 Å². The van der Waals surface area contributed by atoms with Gasteiger partial charge >= 0.3 is 0 Å². The van der Waals surface area contributed by atoms with Crippen LogP contribution < -0.4 is 5.32 Å². The van der Waals surface area contributed by atoms with E-state index in [4.69, 9.17) is 0 Å². The third kappa shape index (κ3) is 4.52. The van der Waals surface area contributed by atoms with Crippen molar-refractivity contribution < 1.29 is 4.39 Å². The van der Waals surface area contributed by atoms with Crippen LogP contribution in [0.25, 0.3) is 0 Å². The van der Waals surface area contributed by atoms with E-state index in [1.807, 2.05) is 6.07 Å². The summed E-state index contributed by atoms with van der Waals surface area (Å²) in [5.41, 5.74) is 1.66. The van der Waals surface area contributed by atoms with E-state index in [1.165, 1.54) is 32.1 Å². The summed E-state index contributed by atoms with van der Waals surface area (Å²) in [5.74, 6) is 1.75. The lowest BCUT2D eigenvalue weighted by molar-refractivity contribution is 0.315. The summed E-state index contributed by atoms with van der Waals surface area (Å²) in [7, 11) is 0. The monoisotopic (exact) mass is 306 g/mol. The maximum absolute atomic E-state index is 14.0. The molecular weight excluding hydrogens is 275 g/mol. The Kier molecular flexibility index (Phi) is 6.37. The van der Waals surface area contributed by atoms with Gasteiger partial charge in [0.15, 0.2) is 0 Å². The number of nitrogens with zero attached hydrogens (tertiary/aromatic N) is 1. The molecule has 0 bridgehead atoms. The zero-order valence-corrected chi connectivity index (χ0v) is 14.5. The average molecular weight is 306 g/mol. The van der Waals surface area contributed by atoms with Crippen LogP contribution in [-0.4, -0.2) is 11.0 Å². The molecule has 1 saturated carbocycles. The van der Waals surface area contributed by atoms with Crippen LogP contribution in [0.2, 0.25) is 0 Å². The van der Waals surface area contributed by atoms with Gasteiger partial charge < -0.3 is 5.32 Å². The molecule has 3 heteroatoms. The van der Waals surface area contributed by atoms with E-state index in [0.29, 0.717) is 30.1 Å². The van der Waals surface area contributed by atoms with Crippen LogP contribution in [0.4, 0.5) is 4.39 Å². The van der Waals surface area contributed by atoms with Gasteiger partial charge in [-0.15, -0.1) is 0 Å². The fraction of sp³-hybridized carbons (Fsp3) is 0.737. The smallest absolute Gasteiger partial charge is 0.146 e. The first-order valence-electron chi connectivity index (χ1n) is 8.90. The summed E-state index contributed by atoms with van der Waals surface area (Å²) < 4.78 is 14.0. The molecule has 1 aromatic rings. The predicted octanol–water partition coefficient (Wildman–Crippen LogP) is 5.04. The van der Waals surface area contributed by atoms with Crippen molar-refractivity contribution in [1.29, 1.82) is 0 Å². The topological polar surface area (TPSA) is 24.9 Å². The molecule has 0 saturated heterocycles. The standard InChI is InChI=1S/C19H31FN2/c1-5-15-6-8-16(9-7-15)18-11-10-17(20)19(22-18)12-21-14(4)13(2)3/h10-11,13-16,21H,5-9,12H2,1-4H3/t14-,15?,16?/m1/s1. The van der Waals surface area contributed by atoms with E-state index in [0.717, 1.165) is 11.6 Å². The highest BCUT2D eigenvalue weighted by Crippen LogP contribution is 2.36. The number of hydrogen-bond donors (Lipinski definition) is 1. The Morgan fingerprint density at radius 2 is 1.86 bits per heavy atom. The predicted molar refractivity (Wildman–Crippen MR) is 90.3 cm³/mol. The van der Waals surface area contributed by atoms with Gasteiger partial charge in [-0.3, -0.25) is 4.98 Å². The van der Waals surface area contributed by atoms with Crippen molar-refractivity contribution in [3.63, 3.8) is 0 Å². The van der Waals surface area contributed by atoms with Gasteiger partial charge in [0, 0.05) is 24.2 Å². The minimum absolute atomic E-state index is 0.186. The van der Waals surface area contributed by atoms with Gasteiger partial charge in [0.1, 0.15) is 5.82 Å². The molecule has 2 rings (SSSR count). The number of hydrogen-bond acceptors (Lipinski definition) is 2. The first kappa shape index (κ1) is 17.4. The van der Waals surface area contributed by atoms with Crippen LogP contribution >= 0.6 is 0 Å². The quantitative estimate of drug-likeness (QED) is 0.796. The van der Waals surface area contributed by atoms with Crippen LogP contribution in [0.5, 0.6) is 0 Å². The third-order valence-corrected chi connectivity index (χ3v) is 5.37. The number of halogens is 1. The van der Waals surface area contributed by atoms with Crippen molar-refractivity contribution in [2.24, 2.45) is 11.8 Å². The summed E-state index contributed by atoms with van der Waals surface area (Å²) in [6, 6.07) is 3.86. The summed E-state index contributed by atoms with van der Waals surface area (Å²) in [6.07, 6.45) is 6.26. The lowest BCUT2D eigenvalue weighted by Gasteiger charge is -2.27. The maximum atomic E-state index is 14.0. The van der Waals surface area contributed by atoms with E-state index in [9.17, 15) is 4.39 Å². The zero-order valence-electron chi connectivity index (χ0n) is 14.5. The Hall–Kier alpha value is -0.960. The first-order valence-corrected chi connectivity index (χ1v) is 8.90. The van der Waals surface area contributed by atoms with E-state index in [2.05, 4.69) is 38.0 Å². The van der Waals surface area contributed by atoms with Gasteiger partial charge in [-0.2, -0.15) is 0 Å². The van der Waals surface area contributed by atoms with Crippen molar-refractivity contribution >= 4 is 0 Å². The Bertz CT molecular complexity index is 465. The van der Waals surface area contributed by atoms with Crippen LogP contribution in [-0.2, 0) is 6.54 Å². The largest absolute Gasteiger partial charge is 0.308 e. The Morgan fingerprint density at radius 3 is 2.45 bits per heavy atom. The molecule has 2 nitrogen and oxygen atoms in total. The summed E-state index contributed by atoms with van der Waals surface area (Å²) >= 11 is 0. The summed E-state index contributed by atoms with van der Waals surface area (Å²) in [5, 5.41) is 3.38. The highest BCUT2D eigenvalue weighted by atomic mass is 19.1. The number of aromatic nitrogens is 1. The zero-order chi connectivity index (χ0) is 16.1. The molecule has 0 unspecified atom stereocenters. The highest BCUT2D eigenvalue weighted by molar-refractivity contribution is 5.17. The normalized spacial score (nSPS) is 23.7. The van der Waals surface area contributed by atoms with Gasteiger partial charge in [-0.25, -0.2) is 4.39 Å². The van der Waals surface area contributed by atoms with Crippen LogP contribution in [0.1, 0.15) is 77.1 Å². The Labute approximate surface area is 134 Å². The SMILES string of the molecule is CCC1CCC(c2ccc(F)c(CN[C@H](C)C(C)C)n2)CC1. The summed E-state index contributed by atoms with van der Waals surface area (Å²) in [6.45, 7) is 9.27. The molecule has 0 spiro atoms. The first-order chi connectivity index (χ1) is 10.5. The highest BCUT2D eigenvalue weighted by Gasteiger charge is 2.23. The molecule has 22 heavy (non-hydrogen) atoms. The Morgan fingerprint density at radius 1 is 1.18 bits per heavy atom. The van der Waals surface area contributed by atoms with Gasteiger partial charge in [0.05, 0.1) is 5.69 Å². The lowest BCUT2D eigenvalue weighted by atomic mass is 9.79. The molecule has 1 aliphatic carbocycles. The molecule has 1 N–H and O–H groups in total. The van der Waals surface area contributed by atoms with Crippen molar-refractivity contribution in [1.82, 2.24) is 10.3 Å². The molecule has 0 aromatic carbocycles. The number of rotatable bonds is 6. The van der Waals surface area contributed by atoms with Crippen molar-refractivity contribution in [2.45, 2.75) is 78.3 Å². The third-order valence-electron chi connectivity index (χ3n) is 5.37. The van der Waals surface area contributed by atoms with Crippen LogP contribution in [0.15, 0.2) is 12.1 Å². The molecule has 1 aliphatic rings. The second kappa shape index (κ2) is 8.05. The minimum atomic E-state index is -0.186. The van der Waals surface area contributed by atoms with Crippen LogP contribution in [0, 0.1) is 17.7 Å². The molecule has 1 heterocycles. The number of pyridine rings is 1. The average Bonchev–Trinajstić information content (AvgIpc) is 2.53. The number of nitrogens with one attached hydrogen (secondary N) is 1. The Balaban J connectivity index is 2.00. The molecule has 1 fully saturated rings. The van der Waals surface area contributed by atoms with Crippen molar-refractivity contribution in [3.05, 3.63) is 29.3 Å². The second-order valence-electron chi connectivity index (χ2n) is 7.20. The minimum Gasteiger partial charge on any atom is -0.308 e. The molecule has 0 aliphatic heterocycles. The van der Waals surface area contributed by atoms with Gasteiger partial charge in [0.2, 0.25) is 0 Å². The second-order valence-corrected chi connectivity index (χ2v) is 7.20. The summed E-state index contributed by atoms with van der Waals surface area (Å²) in [4.78, 5) is 4.64. The molecule has 0 radical (unpaired) electrons.